The van der Waals surface area contributed by atoms with E-state index in [4.69, 9.17) is 10.4 Å². The first-order valence-electron chi connectivity index (χ1n) is 5.63. The van der Waals surface area contributed by atoms with Crippen LogP contribution in [0.15, 0.2) is 24.3 Å². The van der Waals surface area contributed by atoms with Gasteiger partial charge >= 0.3 is 5.97 Å². The predicted molar refractivity (Wildman–Crippen MR) is 65.9 cm³/mol. The molecule has 0 bridgehead atoms. The van der Waals surface area contributed by atoms with Gasteiger partial charge in [-0.05, 0) is 37.1 Å². The van der Waals surface area contributed by atoms with Gasteiger partial charge in [-0.1, -0.05) is 0 Å². The molecule has 5 heteroatoms. The first kappa shape index (κ1) is 13.7. The van der Waals surface area contributed by atoms with Crippen LogP contribution < -0.4 is 5.32 Å². The molecule has 0 spiro atoms. The Morgan fingerprint density at radius 2 is 1.78 bits per heavy atom. The Bertz CT molecular complexity index is 460. The van der Waals surface area contributed by atoms with Gasteiger partial charge in [-0.25, -0.2) is 0 Å². The van der Waals surface area contributed by atoms with Crippen LogP contribution in [0.4, 0.5) is 5.69 Å². The number of unbranched alkanes of at least 4 members (excludes halogenated alkanes) is 1. The van der Waals surface area contributed by atoms with Gasteiger partial charge in [0, 0.05) is 18.5 Å². The number of hydrogen-bond donors (Lipinski definition) is 2. The number of benzene rings is 1. The van der Waals surface area contributed by atoms with Gasteiger partial charge in [-0.3, -0.25) is 9.59 Å². The lowest BCUT2D eigenvalue weighted by Gasteiger charge is -2.04. The molecule has 0 aliphatic carbocycles. The maximum absolute atomic E-state index is 11.5. The molecule has 5 nitrogen and oxygen atoms in total. The number of aliphatic carboxylic acids is 1. The topological polar surface area (TPSA) is 90.2 Å². The van der Waals surface area contributed by atoms with E-state index < -0.39 is 5.97 Å². The number of anilines is 1. The van der Waals surface area contributed by atoms with Crippen molar-refractivity contribution in [3.05, 3.63) is 29.8 Å². The highest BCUT2D eigenvalue weighted by atomic mass is 16.4. The number of carbonyl (C=O) groups excluding carboxylic acids is 1. The Balaban J connectivity index is 2.31. The van der Waals surface area contributed by atoms with E-state index in [1.807, 2.05) is 6.07 Å². The maximum Gasteiger partial charge on any atom is 0.303 e. The molecule has 1 rings (SSSR count). The molecule has 0 unspecified atom stereocenters. The minimum Gasteiger partial charge on any atom is -0.481 e. The van der Waals surface area contributed by atoms with Crippen molar-refractivity contribution >= 4 is 17.6 Å². The van der Waals surface area contributed by atoms with Crippen molar-refractivity contribution in [2.75, 3.05) is 5.32 Å². The lowest BCUT2D eigenvalue weighted by molar-refractivity contribution is -0.137. The molecular weight excluding hydrogens is 232 g/mol. The minimum atomic E-state index is -0.845. The average Bonchev–Trinajstić information content (AvgIpc) is 2.35. The minimum absolute atomic E-state index is 0.0874. The summed E-state index contributed by atoms with van der Waals surface area (Å²) in [4.78, 5) is 21.8. The van der Waals surface area contributed by atoms with Gasteiger partial charge in [0.25, 0.3) is 0 Å². The van der Waals surface area contributed by atoms with E-state index in [-0.39, 0.29) is 12.3 Å². The summed E-state index contributed by atoms with van der Waals surface area (Å²) in [5.74, 6) is -0.993. The largest absolute Gasteiger partial charge is 0.481 e. The average molecular weight is 246 g/mol. The molecule has 0 atom stereocenters. The third-order valence-corrected chi connectivity index (χ3v) is 2.34. The second-order valence-corrected chi connectivity index (χ2v) is 3.84. The van der Waals surface area contributed by atoms with Gasteiger partial charge in [0.2, 0.25) is 5.91 Å². The Hall–Kier alpha value is -2.35. The van der Waals surface area contributed by atoms with Gasteiger partial charge < -0.3 is 10.4 Å². The summed E-state index contributed by atoms with van der Waals surface area (Å²) in [5, 5.41) is 19.7. The van der Waals surface area contributed by atoms with Crippen LogP contribution in [0.1, 0.15) is 31.2 Å². The number of carboxylic acid groups (broad SMARTS) is 1. The highest BCUT2D eigenvalue weighted by molar-refractivity contribution is 5.90. The fraction of sp³-hybridized carbons (Fsp3) is 0.308. The molecule has 0 aromatic heterocycles. The van der Waals surface area contributed by atoms with Crippen LogP contribution in [0, 0.1) is 11.3 Å². The van der Waals surface area contributed by atoms with E-state index in [9.17, 15) is 9.59 Å². The monoisotopic (exact) mass is 246 g/mol. The third kappa shape index (κ3) is 5.12. The fourth-order valence-electron chi connectivity index (χ4n) is 1.41. The van der Waals surface area contributed by atoms with Crippen LogP contribution in [0.2, 0.25) is 0 Å². The number of amides is 1. The molecular formula is C13H14N2O3. The molecule has 0 heterocycles. The van der Waals surface area contributed by atoms with Crippen molar-refractivity contribution in [2.45, 2.75) is 25.7 Å². The van der Waals surface area contributed by atoms with E-state index in [2.05, 4.69) is 5.32 Å². The van der Waals surface area contributed by atoms with Crippen LogP contribution in [0.3, 0.4) is 0 Å². The summed E-state index contributed by atoms with van der Waals surface area (Å²) in [6.45, 7) is 0. The molecule has 0 saturated heterocycles. The SMILES string of the molecule is N#Cc1ccc(NC(=O)CCCCC(=O)O)cc1. The second kappa shape index (κ2) is 7.07. The van der Waals surface area contributed by atoms with Crippen molar-refractivity contribution in [1.82, 2.24) is 0 Å². The molecule has 2 N–H and O–H groups in total. The summed E-state index contributed by atoms with van der Waals surface area (Å²) < 4.78 is 0. The second-order valence-electron chi connectivity index (χ2n) is 3.84. The lowest BCUT2D eigenvalue weighted by atomic mass is 10.2. The quantitative estimate of drug-likeness (QED) is 0.752. The summed E-state index contributed by atoms with van der Waals surface area (Å²) >= 11 is 0. The van der Waals surface area contributed by atoms with Gasteiger partial charge in [0.05, 0.1) is 11.6 Å². The zero-order valence-electron chi connectivity index (χ0n) is 9.85. The molecule has 94 valence electrons. The van der Waals surface area contributed by atoms with Crippen LogP contribution in [-0.2, 0) is 9.59 Å². The zero-order chi connectivity index (χ0) is 13.4. The summed E-state index contributed by atoms with van der Waals surface area (Å²) in [6.07, 6.45) is 1.43. The number of nitrogens with zero attached hydrogens (tertiary/aromatic N) is 1. The van der Waals surface area contributed by atoms with Crippen molar-refractivity contribution in [3.8, 4) is 6.07 Å². The number of nitriles is 1. The molecule has 18 heavy (non-hydrogen) atoms. The molecule has 1 aromatic carbocycles. The highest BCUT2D eigenvalue weighted by Gasteiger charge is 2.03. The molecule has 1 aromatic rings. The van der Waals surface area contributed by atoms with Crippen LogP contribution in [-0.4, -0.2) is 17.0 Å². The van der Waals surface area contributed by atoms with Crippen LogP contribution in [0.25, 0.3) is 0 Å². The van der Waals surface area contributed by atoms with Gasteiger partial charge in [0.1, 0.15) is 0 Å². The summed E-state index contributed by atoms with van der Waals surface area (Å²) in [7, 11) is 0. The Kier molecular flexibility index (Phi) is 5.39. The van der Waals surface area contributed by atoms with E-state index in [0.29, 0.717) is 30.5 Å². The maximum atomic E-state index is 11.5. The standard InChI is InChI=1S/C13H14N2O3/c14-9-10-5-7-11(8-6-10)15-12(16)3-1-2-4-13(17)18/h5-8H,1-4H2,(H,15,16)(H,17,18). The molecule has 0 radical (unpaired) electrons. The van der Waals surface area contributed by atoms with Gasteiger partial charge in [-0.15, -0.1) is 0 Å². The summed E-state index contributed by atoms with van der Waals surface area (Å²) in [6, 6.07) is 8.56. The van der Waals surface area contributed by atoms with Gasteiger partial charge in [-0.2, -0.15) is 5.26 Å². The summed E-state index contributed by atoms with van der Waals surface area (Å²) in [5.41, 5.74) is 1.17. The third-order valence-electron chi connectivity index (χ3n) is 2.34. The zero-order valence-corrected chi connectivity index (χ0v) is 9.85. The predicted octanol–water partition coefficient (Wildman–Crippen LogP) is 2.14. The van der Waals surface area contributed by atoms with E-state index in [1.165, 1.54) is 0 Å². The first-order valence-corrected chi connectivity index (χ1v) is 5.63. The highest BCUT2D eigenvalue weighted by Crippen LogP contribution is 2.10. The van der Waals surface area contributed by atoms with E-state index >= 15 is 0 Å². The Morgan fingerprint density at radius 1 is 1.17 bits per heavy atom. The van der Waals surface area contributed by atoms with E-state index in [0.717, 1.165) is 0 Å². The van der Waals surface area contributed by atoms with Crippen molar-refractivity contribution in [3.63, 3.8) is 0 Å². The number of carbonyl (C=O) groups is 2. The lowest BCUT2D eigenvalue weighted by Crippen LogP contribution is -2.11. The molecule has 0 aliphatic rings. The Morgan fingerprint density at radius 3 is 2.33 bits per heavy atom. The first-order chi connectivity index (χ1) is 8.61. The normalized spacial score (nSPS) is 9.50. The van der Waals surface area contributed by atoms with Crippen molar-refractivity contribution in [2.24, 2.45) is 0 Å². The smallest absolute Gasteiger partial charge is 0.303 e. The number of carboxylic acids is 1. The number of hydrogen-bond acceptors (Lipinski definition) is 3. The molecule has 0 saturated carbocycles. The number of nitrogens with one attached hydrogen (secondary N) is 1. The van der Waals surface area contributed by atoms with Crippen LogP contribution in [0.5, 0.6) is 0 Å². The van der Waals surface area contributed by atoms with Crippen molar-refractivity contribution in [1.29, 1.82) is 5.26 Å². The Labute approximate surface area is 105 Å². The van der Waals surface area contributed by atoms with E-state index in [1.54, 1.807) is 24.3 Å². The van der Waals surface area contributed by atoms with Gasteiger partial charge in [0.15, 0.2) is 0 Å². The van der Waals surface area contributed by atoms with Crippen LogP contribution >= 0.6 is 0 Å². The van der Waals surface area contributed by atoms with Crippen molar-refractivity contribution < 1.29 is 14.7 Å². The molecule has 0 aliphatic heterocycles. The number of rotatable bonds is 6. The molecule has 0 fully saturated rings. The fourth-order valence-corrected chi connectivity index (χ4v) is 1.41. The molecule has 1 amide bonds.